The molecule has 6 heteroatoms. The van der Waals surface area contributed by atoms with Gasteiger partial charge < -0.3 is 9.64 Å². The Morgan fingerprint density at radius 2 is 1.79 bits per heavy atom. The van der Waals surface area contributed by atoms with Crippen LogP contribution in [-0.4, -0.2) is 44.9 Å². The summed E-state index contributed by atoms with van der Waals surface area (Å²) in [5.74, 6) is 0.179. The molecule has 0 bridgehead atoms. The van der Waals surface area contributed by atoms with Crippen LogP contribution in [0.4, 0.5) is 4.79 Å². The predicted octanol–water partition coefficient (Wildman–Crippen LogP) is 2.39. The Morgan fingerprint density at radius 1 is 1.26 bits per heavy atom. The summed E-state index contributed by atoms with van der Waals surface area (Å²) >= 11 is 0. The van der Waals surface area contributed by atoms with Crippen molar-refractivity contribution >= 4 is 23.3 Å². The number of ether oxygens (including phenoxy) is 1. The largest absolute Gasteiger partial charge is 0.444 e. The molecule has 1 atom stereocenters. The molecule has 0 aromatic carbocycles. The third-order valence-corrected chi connectivity index (χ3v) is 3.81. The minimum absolute atomic E-state index is 0.179. The van der Waals surface area contributed by atoms with Crippen molar-refractivity contribution in [2.45, 2.75) is 51.9 Å². The molecule has 0 aromatic heterocycles. The normalized spacial score (nSPS) is 19.4. The average Bonchev–Trinajstić information content (AvgIpc) is 2.09. The van der Waals surface area contributed by atoms with E-state index >= 15 is 0 Å². The molecule has 1 rings (SSSR count). The smallest absolute Gasteiger partial charge is 0.410 e. The highest BCUT2D eigenvalue weighted by Crippen LogP contribution is 2.19. The molecule has 0 saturated carbocycles. The van der Waals surface area contributed by atoms with Gasteiger partial charge in [-0.3, -0.25) is 0 Å². The molecule has 5 nitrogen and oxygen atoms in total. The highest BCUT2D eigenvalue weighted by atomic mass is 32.2. The van der Waals surface area contributed by atoms with Crippen LogP contribution in [0.1, 0.15) is 41.5 Å². The summed E-state index contributed by atoms with van der Waals surface area (Å²) in [7, 11) is -1.23. The van der Waals surface area contributed by atoms with Crippen LogP contribution in [0, 0.1) is 5.92 Å². The van der Waals surface area contributed by atoms with Crippen LogP contribution >= 0.6 is 0 Å². The van der Waals surface area contributed by atoms with Gasteiger partial charge in [-0.2, -0.15) is 4.40 Å². The first-order valence-electron chi connectivity index (χ1n) is 6.43. The molecule has 1 saturated heterocycles. The Balaban J connectivity index is 2.37. The van der Waals surface area contributed by atoms with Crippen molar-refractivity contribution in [2.24, 2.45) is 10.3 Å². The molecule has 0 N–H and O–H groups in total. The monoisotopic (exact) mass is 288 g/mol. The molecule has 0 unspecified atom stereocenters. The molecule has 1 aliphatic rings. The number of carbonyl (C=O) groups excluding carboxylic acids is 1. The number of likely N-dealkylation sites (tertiary alicyclic amines) is 1. The quantitative estimate of drug-likeness (QED) is 0.733. The number of nitrogens with zero attached hydrogens (tertiary/aromatic N) is 2. The molecular weight excluding hydrogens is 264 g/mol. The van der Waals surface area contributed by atoms with Gasteiger partial charge in [0.05, 0.1) is 4.75 Å². The van der Waals surface area contributed by atoms with Gasteiger partial charge in [-0.15, -0.1) is 0 Å². The van der Waals surface area contributed by atoms with E-state index < -0.39 is 16.6 Å². The van der Waals surface area contributed by atoms with Crippen molar-refractivity contribution in [2.75, 3.05) is 13.1 Å². The van der Waals surface area contributed by atoms with Crippen LogP contribution in [0.15, 0.2) is 4.40 Å². The van der Waals surface area contributed by atoms with Gasteiger partial charge in [0.2, 0.25) is 0 Å². The molecule has 0 radical (unpaired) electrons. The zero-order valence-corrected chi connectivity index (χ0v) is 13.4. The van der Waals surface area contributed by atoms with Gasteiger partial charge in [-0.05, 0) is 41.5 Å². The van der Waals surface area contributed by atoms with Gasteiger partial charge in [0.15, 0.2) is 0 Å². The van der Waals surface area contributed by atoms with Gasteiger partial charge in [0, 0.05) is 25.2 Å². The highest BCUT2D eigenvalue weighted by molar-refractivity contribution is 7.85. The second kappa shape index (κ2) is 5.61. The second-order valence-corrected chi connectivity index (χ2v) is 8.70. The summed E-state index contributed by atoms with van der Waals surface area (Å²) in [4.78, 5) is 13.3. The van der Waals surface area contributed by atoms with E-state index in [0.717, 1.165) is 0 Å². The van der Waals surface area contributed by atoms with Crippen LogP contribution in [0.25, 0.3) is 0 Å². The highest BCUT2D eigenvalue weighted by Gasteiger charge is 2.33. The summed E-state index contributed by atoms with van der Waals surface area (Å²) in [5, 5.41) is 0. The SMILES string of the molecule is CC(C)(C)OC(=O)N1CC(C=N[S@@](=O)C(C)(C)C)C1. The maximum Gasteiger partial charge on any atom is 0.410 e. The lowest BCUT2D eigenvalue weighted by Gasteiger charge is -2.37. The molecule has 1 heterocycles. The summed E-state index contributed by atoms with van der Waals surface area (Å²) in [6.45, 7) is 12.3. The van der Waals surface area contributed by atoms with Gasteiger partial charge in [-0.1, -0.05) is 0 Å². The summed E-state index contributed by atoms with van der Waals surface area (Å²) < 4.78 is 20.7. The Hall–Kier alpha value is -0.910. The average molecular weight is 288 g/mol. The van der Waals surface area contributed by atoms with Crippen molar-refractivity contribution in [1.82, 2.24) is 4.90 Å². The molecule has 19 heavy (non-hydrogen) atoms. The lowest BCUT2D eigenvalue weighted by atomic mass is 10.0. The molecule has 0 spiro atoms. The Labute approximate surface area is 118 Å². The molecule has 1 amide bonds. The van der Waals surface area contributed by atoms with E-state index in [4.69, 9.17) is 4.74 Å². The van der Waals surface area contributed by atoms with Crippen LogP contribution in [-0.2, 0) is 15.7 Å². The topological polar surface area (TPSA) is 59.0 Å². The first-order valence-corrected chi connectivity index (χ1v) is 7.54. The third-order valence-electron chi connectivity index (χ3n) is 2.45. The van der Waals surface area contributed by atoms with E-state index in [1.807, 2.05) is 41.5 Å². The number of rotatable bonds is 2. The second-order valence-electron chi connectivity index (χ2n) is 6.76. The number of amides is 1. The van der Waals surface area contributed by atoms with Gasteiger partial charge >= 0.3 is 6.09 Å². The minimum atomic E-state index is -1.23. The molecule has 1 fully saturated rings. The van der Waals surface area contributed by atoms with E-state index in [0.29, 0.717) is 13.1 Å². The predicted molar refractivity (Wildman–Crippen MR) is 77.7 cm³/mol. The van der Waals surface area contributed by atoms with E-state index in [1.165, 1.54) is 0 Å². The van der Waals surface area contributed by atoms with Crippen LogP contribution in [0.2, 0.25) is 0 Å². The molecule has 1 aliphatic heterocycles. The van der Waals surface area contributed by atoms with E-state index in [1.54, 1.807) is 11.1 Å². The Bertz CT molecular complexity index is 388. The van der Waals surface area contributed by atoms with E-state index in [2.05, 4.69) is 4.40 Å². The Morgan fingerprint density at radius 3 is 2.21 bits per heavy atom. The molecule has 0 aromatic rings. The fourth-order valence-corrected chi connectivity index (χ4v) is 1.98. The van der Waals surface area contributed by atoms with Crippen molar-refractivity contribution in [3.05, 3.63) is 0 Å². The van der Waals surface area contributed by atoms with Crippen LogP contribution in [0.3, 0.4) is 0 Å². The lowest BCUT2D eigenvalue weighted by Crippen LogP contribution is -2.52. The fraction of sp³-hybridized carbons (Fsp3) is 0.846. The number of hydrogen-bond acceptors (Lipinski definition) is 3. The van der Waals surface area contributed by atoms with Crippen molar-refractivity contribution in [3.8, 4) is 0 Å². The Kier molecular flexibility index (Phi) is 4.76. The summed E-state index contributed by atoms with van der Waals surface area (Å²) in [5.41, 5.74) is -0.468. The first kappa shape index (κ1) is 16.1. The molecule has 110 valence electrons. The maximum absolute atomic E-state index is 11.7. The zero-order chi connectivity index (χ0) is 14.8. The zero-order valence-electron chi connectivity index (χ0n) is 12.6. The van der Waals surface area contributed by atoms with Crippen LogP contribution < -0.4 is 0 Å². The fourth-order valence-electron chi connectivity index (χ4n) is 1.38. The molecular formula is C13H24N2O3S. The van der Waals surface area contributed by atoms with Crippen LogP contribution in [0.5, 0.6) is 0 Å². The third kappa shape index (κ3) is 5.30. The number of hydrogen-bond donors (Lipinski definition) is 0. The lowest BCUT2D eigenvalue weighted by molar-refractivity contribution is 0.00740. The minimum Gasteiger partial charge on any atom is -0.444 e. The summed E-state index contributed by atoms with van der Waals surface area (Å²) in [6, 6.07) is 0. The van der Waals surface area contributed by atoms with Crippen molar-refractivity contribution < 1.29 is 13.7 Å². The maximum atomic E-state index is 11.7. The van der Waals surface area contributed by atoms with E-state index in [-0.39, 0.29) is 16.8 Å². The molecule has 0 aliphatic carbocycles. The van der Waals surface area contributed by atoms with Crippen molar-refractivity contribution in [3.63, 3.8) is 0 Å². The first-order chi connectivity index (χ1) is 8.49. The number of carbonyl (C=O) groups is 1. The van der Waals surface area contributed by atoms with Gasteiger partial charge in [-0.25, -0.2) is 9.00 Å². The van der Waals surface area contributed by atoms with Gasteiger partial charge in [0.25, 0.3) is 0 Å². The summed E-state index contributed by atoms with van der Waals surface area (Å²) in [6.07, 6.45) is 1.40. The van der Waals surface area contributed by atoms with E-state index in [9.17, 15) is 9.00 Å². The van der Waals surface area contributed by atoms with Gasteiger partial charge in [0.1, 0.15) is 16.6 Å². The van der Waals surface area contributed by atoms with Crippen molar-refractivity contribution in [1.29, 1.82) is 0 Å². The standard InChI is InChI=1S/C13H24N2O3S/c1-12(2,3)18-11(16)15-8-10(9-15)7-14-19(17)13(4,5)6/h7,10H,8-9H2,1-6H3/t19-/m0/s1.